The van der Waals surface area contributed by atoms with Gasteiger partial charge in [0.1, 0.15) is 12.4 Å². The highest BCUT2D eigenvalue weighted by molar-refractivity contribution is 7.91. The van der Waals surface area contributed by atoms with Gasteiger partial charge >= 0.3 is 0 Å². The first-order chi connectivity index (χ1) is 14.4. The summed E-state index contributed by atoms with van der Waals surface area (Å²) in [5.41, 5.74) is 1.31. The zero-order chi connectivity index (χ0) is 21.4. The number of hydrogen-bond acceptors (Lipinski definition) is 6. The van der Waals surface area contributed by atoms with Crippen molar-refractivity contribution in [1.82, 2.24) is 15.5 Å². The molecule has 0 aliphatic heterocycles. The number of sulfone groups is 1. The third-order valence-electron chi connectivity index (χ3n) is 4.15. The molecule has 0 saturated heterocycles. The monoisotopic (exact) mass is 429 g/mol. The minimum Gasteiger partial charge on any atom is -0.475 e. The Balaban J connectivity index is 1.39. The second-order valence-electron chi connectivity index (χ2n) is 6.34. The number of carbonyl (C=O) groups is 1. The van der Waals surface area contributed by atoms with Crippen molar-refractivity contribution in [1.29, 1.82) is 0 Å². The Labute approximate surface area is 173 Å². The number of ether oxygens (including phenoxy) is 1. The Hall–Kier alpha value is -3.33. The summed E-state index contributed by atoms with van der Waals surface area (Å²) in [5, 5.41) is 10.6. The second-order valence-corrected chi connectivity index (χ2v) is 8.45. The Bertz CT molecular complexity index is 1070. The zero-order valence-electron chi connectivity index (χ0n) is 16.0. The van der Waals surface area contributed by atoms with E-state index in [1.54, 1.807) is 42.5 Å². The lowest BCUT2D eigenvalue weighted by molar-refractivity contribution is -0.120. The number of nitrogens with zero attached hydrogens (tertiary/aromatic N) is 2. The van der Waals surface area contributed by atoms with Gasteiger partial charge in [-0.3, -0.25) is 4.79 Å². The van der Waals surface area contributed by atoms with E-state index in [9.17, 15) is 17.6 Å². The van der Waals surface area contributed by atoms with Crippen LogP contribution in [0.25, 0.3) is 11.3 Å². The molecule has 1 amide bonds. The van der Waals surface area contributed by atoms with Gasteiger partial charge in [0, 0.05) is 18.1 Å². The average Bonchev–Trinajstić information content (AvgIpc) is 2.77. The molecular weight excluding hydrogens is 409 g/mol. The minimum atomic E-state index is -3.49. The van der Waals surface area contributed by atoms with Gasteiger partial charge in [0.2, 0.25) is 11.8 Å². The van der Waals surface area contributed by atoms with E-state index in [0.29, 0.717) is 5.69 Å². The molecule has 1 aromatic heterocycles. The number of carbonyl (C=O) groups excluding carboxylic acids is 1. The number of halogens is 1. The number of rotatable bonds is 9. The maximum Gasteiger partial charge on any atom is 0.233 e. The van der Waals surface area contributed by atoms with Gasteiger partial charge in [-0.15, -0.1) is 10.2 Å². The molecule has 7 nitrogen and oxygen atoms in total. The van der Waals surface area contributed by atoms with Crippen LogP contribution in [0.15, 0.2) is 71.6 Å². The smallest absolute Gasteiger partial charge is 0.233 e. The van der Waals surface area contributed by atoms with Crippen molar-refractivity contribution in [2.24, 2.45) is 0 Å². The molecule has 0 aliphatic carbocycles. The van der Waals surface area contributed by atoms with Crippen LogP contribution < -0.4 is 10.1 Å². The predicted octanol–water partition coefficient (Wildman–Crippen LogP) is 2.64. The second kappa shape index (κ2) is 9.93. The lowest BCUT2D eigenvalue weighted by Gasteiger charge is -2.08. The van der Waals surface area contributed by atoms with Gasteiger partial charge in [-0.05, 0) is 42.5 Å². The SMILES string of the molecule is O=C(CCS(=O)(=O)c1ccccc1)NCCOc1ccc(-c2ccc(F)cc2)nn1. The van der Waals surface area contributed by atoms with Crippen LogP contribution in [0.3, 0.4) is 0 Å². The van der Waals surface area contributed by atoms with Crippen LogP contribution in [-0.4, -0.2) is 43.4 Å². The van der Waals surface area contributed by atoms with Crippen LogP contribution in [0, 0.1) is 5.82 Å². The number of nitrogens with one attached hydrogen (secondary N) is 1. The van der Waals surface area contributed by atoms with Crippen molar-refractivity contribution >= 4 is 15.7 Å². The largest absolute Gasteiger partial charge is 0.475 e. The number of benzene rings is 2. The molecule has 9 heteroatoms. The third kappa shape index (κ3) is 6.08. The molecule has 0 saturated carbocycles. The molecule has 2 aromatic carbocycles. The summed E-state index contributed by atoms with van der Waals surface area (Å²) in [6.45, 7) is 0.355. The van der Waals surface area contributed by atoms with Gasteiger partial charge < -0.3 is 10.1 Å². The van der Waals surface area contributed by atoms with E-state index in [4.69, 9.17) is 4.74 Å². The fourth-order valence-corrected chi connectivity index (χ4v) is 3.84. The van der Waals surface area contributed by atoms with Crippen LogP contribution in [0.2, 0.25) is 0 Å². The first kappa shape index (κ1) is 21.4. The van der Waals surface area contributed by atoms with Crippen molar-refractivity contribution in [2.75, 3.05) is 18.9 Å². The van der Waals surface area contributed by atoms with Gasteiger partial charge in [-0.1, -0.05) is 18.2 Å². The number of aromatic nitrogens is 2. The third-order valence-corrected chi connectivity index (χ3v) is 5.89. The van der Waals surface area contributed by atoms with E-state index in [-0.39, 0.29) is 47.8 Å². The highest BCUT2D eigenvalue weighted by Gasteiger charge is 2.15. The van der Waals surface area contributed by atoms with Crippen molar-refractivity contribution in [3.05, 3.63) is 72.5 Å². The Morgan fingerprint density at radius 3 is 2.37 bits per heavy atom. The molecule has 0 unspecified atom stereocenters. The van der Waals surface area contributed by atoms with E-state index in [0.717, 1.165) is 5.56 Å². The van der Waals surface area contributed by atoms with Crippen molar-refractivity contribution in [3.63, 3.8) is 0 Å². The van der Waals surface area contributed by atoms with Gasteiger partial charge in [-0.25, -0.2) is 12.8 Å². The number of amides is 1. The summed E-state index contributed by atoms with van der Waals surface area (Å²) in [5.74, 6) is -0.691. The standard InChI is InChI=1S/C21H20FN3O4S/c22-17-8-6-16(7-9-17)19-10-11-21(25-24-19)29-14-13-23-20(26)12-15-30(27,28)18-4-2-1-3-5-18/h1-11H,12-15H2,(H,23,26). The molecule has 0 bridgehead atoms. The summed E-state index contributed by atoms with van der Waals surface area (Å²) in [6.07, 6.45) is -0.136. The summed E-state index contributed by atoms with van der Waals surface area (Å²) in [7, 11) is -3.49. The molecule has 156 valence electrons. The van der Waals surface area contributed by atoms with Crippen LogP contribution >= 0.6 is 0 Å². The van der Waals surface area contributed by atoms with Crippen LogP contribution in [0.1, 0.15) is 6.42 Å². The fraction of sp³-hybridized carbons (Fsp3) is 0.190. The summed E-state index contributed by atoms with van der Waals surface area (Å²) >= 11 is 0. The lowest BCUT2D eigenvalue weighted by atomic mass is 10.1. The molecule has 0 spiro atoms. The maximum atomic E-state index is 13.0. The Kier molecular flexibility index (Phi) is 7.08. The zero-order valence-corrected chi connectivity index (χ0v) is 16.8. The van der Waals surface area contributed by atoms with Gasteiger partial charge in [0.25, 0.3) is 0 Å². The maximum absolute atomic E-state index is 13.0. The predicted molar refractivity (Wildman–Crippen MR) is 109 cm³/mol. The summed E-state index contributed by atoms with van der Waals surface area (Å²) < 4.78 is 42.7. The van der Waals surface area contributed by atoms with Crippen molar-refractivity contribution in [3.8, 4) is 17.1 Å². The summed E-state index contributed by atoms with van der Waals surface area (Å²) in [4.78, 5) is 12.1. The molecule has 1 N–H and O–H groups in total. The van der Waals surface area contributed by atoms with Crippen LogP contribution in [0.5, 0.6) is 5.88 Å². The van der Waals surface area contributed by atoms with E-state index < -0.39 is 9.84 Å². The molecular formula is C21H20FN3O4S. The number of hydrogen-bond donors (Lipinski definition) is 1. The topological polar surface area (TPSA) is 98.2 Å². The van der Waals surface area contributed by atoms with E-state index in [1.165, 1.54) is 24.3 Å². The normalized spacial score (nSPS) is 11.1. The van der Waals surface area contributed by atoms with E-state index in [1.807, 2.05) is 0 Å². The van der Waals surface area contributed by atoms with E-state index >= 15 is 0 Å². The van der Waals surface area contributed by atoms with Gasteiger partial charge in [-0.2, -0.15) is 0 Å². The molecule has 1 heterocycles. The molecule has 0 radical (unpaired) electrons. The molecule has 3 rings (SSSR count). The van der Waals surface area contributed by atoms with Gasteiger partial charge in [0.05, 0.1) is 22.9 Å². The van der Waals surface area contributed by atoms with Gasteiger partial charge in [0.15, 0.2) is 9.84 Å². The first-order valence-corrected chi connectivity index (χ1v) is 10.9. The highest BCUT2D eigenvalue weighted by Crippen LogP contribution is 2.18. The Morgan fingerprint density at radius 1 is 0.967 bits per heavy atom. The minimum absolute atomic E-state index is 0.136. The fourth-order valence-electron chi connectivity index (χ4n) is 2.58. The molecule has 3 aromatic rings. The van der Waals surface area contributed by atoms with E-state index in [2.05, 4.69) is 15.5 Å². The summed E-state index contributed by atoms with van der Waals surface area (Å²) in [6, 6.07) is 17.2. The average molecular weight is 429 g/mol. The molecule has 0 fully saturated rings. The Morgan fingerprint density at radius 2 is 1.70 bits per heavy atom. The molecule has 30 heavy (non-hydrogen) atoms. The quantitative estimate of drug-likeness (QED) is 0.525. The lowest BCUT2D eigenvalue weighted by Crippen LogP contribution is -2.29. The van der Waals surface area contributed by atoms with Crippen LogP contribution in [-0.2, 0) is 14.6 Å². The molecule has 0 atom stereocenters. The highest BCUT2D eigenvalue weighted by atomic mass is 32.2. The first-order valence-electron chi connectivity index (χ1n) is 9.21. The molecule has 0 aliphatic rings. The van der Waals surface area contributed by atoms with Crippen molar-refractivity contribution in [2.45, 2.75) is 11.3 Å². The van der Waals surface area contributed by atoms with Crippen molar-refractivity contribution < 1.29 is 22.3 Å². The van der Waals surface area contributed by atoms with Crippen LogP contribution in [0.4, 0.5) is 4.39 Å².